The summed E-state index contributed by atoms with van der Waals surface area (Å²) in [6, 6.07) is 0. The van der Waals surface area contributed by atoms with Gasteiger partial charge in [0.05, 0.1) is 6.54 Å². The fourth-order valence-corrected chi connectivity index (χ4v) is 2.05. The van der Waals surface area contributed by atoms with E-state index in [2.05, 4.69) is 17.7 Å². The molecule has 0 aromatic heterocycles. The zero-order valence-electron chi connectivity index (χ0n) is 10.7. The van der Waals surface area contributed by atoms with Crippen LogP contribution in [0, 0.1) is 18.3 Å². The number of nitrogens with two attached hydrogens (primary N) is 1. The summed E-state index contributed by atoms with van der Waals surface area (Å²) >= 11 is 0. The first-order chi connectivity index (χ1) is 8.21. The maximum Gasteiger partial charge on any atom is 0.222 e. The van der Waals surface area contributed by atoms with Gasteiger partial charge < -0.3 is 10.6 Å². The second-order valence-corrected chi connectivity index (χ2v) is 4.58. The van der Waals surface area contributed by atoms with Crippen LogP contribution in [-0.4, -0.2) is 55.0 Å². The van der Waals surface area contributed by atoms with Crippen LogP contribution in [0.1, 0.15) is 19.8 Å². The van der Waals surface area contributed by atoms with Crippen LogP contribution in [0.4, 0.5) is 0 Å². The van der Waals surface area contributed by atoms with Gasteiger partial charge in [0.1, 0.15) is 0 Å². The Morgan fingerprint density at radius 1 is 1.41 bits per heavy atom. The van der Waals surface area contributed by atoms with Crippen LogP contribution >= 0.6 is 0 Å². The number of nitrogens with zero attached hydrogens (tertiary/aromatic N) is 2. The number of rotatable bonds is 5. The molecule has 2 N–H and O–H groups in total. The van der Waals surface area contributed by atoms with Crippen LogP contribution in [0.2, 0.25) is 0 Å². The van der Waals surface area contributed by atoms with Crippen LogP contribution < -0.4 is 5.73 Å². The molecular weight excluding hydrogens is 214 g/mol. The first kappa shape index (κ1) is 14.0. The highest BCUT2D eigenvalue weighted by atomic mass is 16.2. The third-order valence-electron chi connectivity index (χ3n) is 3.41. The summed E-state index contributed by atoms with van der Waals surface area (Å²) in [6.45, 7) is 6.71. The first-order valence-corrected chi connectivity index (χ1v) is 6.34. The Kier molecular flexibility index (Phi) is 6.03. The van der Waals surface area contributed by atoms with Crippen molar-refractivity contribution in [3.8, 4) is 12.3 Å². The van der Waals surface area contributed by atoms with Gasteiger partial charge in [0.25, 0.3) is 0 Å². The Morgan fingerprint density at radius 3 is 2.53 bits per heavy atom. The van der Waals surface area contributed by atoms with E-state index < -0.39 is 0 Å². The summed E-state index contributed by atoms with van der Waals surface area (Å²) < 4.78 is 0. The number of piperazine rings is 1. The van der Waals surface area contributed by atoms with E-state index in [9.17, 15) is 4.79 Å². The number of carbonyl (C=O) groups excluding carboxylic acids is 1. The summed E-state index contributed by atoms with van der Waals surface area (Å²) in [4.78, 5) is 16.1. The standard InChI is InChI=1S/C13H23N3O/c1-3-5-15-6-8-16(9-7-15)13(17)10-12(4-2)11-14/h1,12H,4-11,14H2,2H3. The second kappa shape index (κ2) is 7.31. The number of terminal acetylenes is 1. The molecule has 0 aromatic rings. The molecule has 1 atom stereocenters. The Hall–Kier alpha value is -1.05. The predicted octanol–water partition coefficient (Wildman–Crippen LogP) is 0.139. The fraction of sp³-hybridized carbons (Fsp3) is 0.769. The molecule has 1 heterocycles. The highest BCUT2D eigenvalue weighted by Gasteiger charge is 2.22. The van der Waals surface area contributed by atoms with E-state index in [1.807, 2.05) is 4.90 Å². The molecule has 4 nitrogen and oxygen atoms in total. The Balaban J connectivity index is 2.33. The maximum absolute atomic E-state index is 12.0. The van der Waals surface area contributed by atoms with Gasteiger partial charge in [0.2, 0.25) is 5.91 Å². The molecule has 1 aliphatic heterocycles. The monoisotopic (exact) mass is 237 g/mol. The summed E-state index contributed by atoms with van der Waals surface area (Å²) in [7, 11) is 0. The molecule has 1 amide bonds. The maximum atomic E-state index is 12.0. The molecular formula is C13H23N3O. The van der Waals surface area contributed by atoms with Gasteiger partial charge in [-0.15, -0.1) is 6.42 Å². The Morgan fingerprint density at radius 2 is 2.06 bits per heavy atom. The van der Waals surface area contributed by atoms with Crippen molar-refractivity contribution in [1.82, 2.24) is 9.80 Å². The molecule has 96 valence electrons. The van der Waals surface area contributed by atoms with Crippen molar-refractivity contribution in [2.24, 2.45) is 11.7 Å². The third kappa shape index (κ3) is 4.37. The highest BCUT2D eigenvalue weighted by molar-refractivity contribution is 5.76. The van der Waals surface area contributed by atoms with Crippen molar-refractivity contribution in [3.05, 3.63) is 0 Å². The number of hydrogen-bond donors (Lipinski definition) is 1. The van der Waals surface area contributed by atoms with Crippen molar-refractivity contribution in [1.29, 1.82) is 0 Å². The molecule has 1 rings (SSSR count). The van der Waals surface area contributed by atoms with E-state index in [4.69, 9.17) is 12.2 Å². The lowest BCUT2D eigenvalue weighted by Gasteiger charge is -2.34. The molecule has 1 aliphatic rings. The molecule has 0 saturated carbocycles. The Labute approximate surface area is 104 Å². The van der Waals surface area contributed by atoms with Gasteiger partial charge in [-0.3, -0.25) is 9.69 Å². The normalized spacial score (nSPS) is 18.8. The Bertz CT molecular complexity index is 273. The van der Waals surface area contributed by atoms with E-state index >= 15 is 0 Å². The topological polar surface area (TPSA) is 49.6 Å². The van der Waals surface area contributed by atoms with Crippen LogP contribution in [-0.2, 0) is 4.79 Å². The summed E-state index contributed by atoms with van der Waals surface area (Å²) in [6.07, 6.45) is 6.83. The lowest BCUT2D eigenvalue weighted by Crippen LogP contribution is -2.49. The lowest BCUT2D eigenvalue weighted by molar-refractivity contribution is -0.133. The molecule has 0 aliphatic carbocycles. The zero-order valence-corrected chi connectivity index (χ0v) is 10.7. The van der Waals surface area contributed by atoms with E-state index in [1.165, 1.54) is 0 Å². The fourth-order valence-electron chi connectivity index (χ4n) is 2.05. The minimum Gasteiger partial charge on any atom is -0.340 e. The molecule has 0 aromatic carbocycles. The lowest BCUT2D eigenvalue weighted by atomic mass is 10.0. The van der Waals surface area contributed by atoms with Gasteiger partial charge in [-0.1, -0.05) is 19.3 Å². The molecule has 0 bridgehead atoms. The number of carbonyl (C=O) groups is 1. The van der Waals surface area contributed by atoms with Gasteiger partial charge in [0.15, 0.2) is 0 Å². The molecule has 4 heteroatoms. The average Bonchev–Trinajstić information content (AvgIpc) is 2.37. The largest absolute Gasteiger partial charge is 0.340 e. The molecule has 1 fully saturated rings. The summed E-state index contributed by atoms with van der Waals surface area (Å²) in [5, 5.41) is 0. The van der Waals surface area contributed by atoms with Crippen molar-refractivity contribution in [2.75, 3.05) is 39.3 Å². The predicted molar refractivity (Wildman–Crippen MR) is 69.3 cm³/mol. The third-order valence-corrected chi connectivity index (χ3v) is 3.41. The summed E-state index contributed by atoms with van der Waals surface area (Å²) in [5.74, 6) is 3.20. The zero-order chi connectivity index (χ0) is 12.7. The van der Waals surface area contributed by atoms with E-state index in [0.717, 1.165) is 32.6 Å². The van der Waals surface area contributed by atoms with Crippen LogP contribution in [0.3, 0.4) is 0 Å². The van der Waals surface area contributed by atoms with E-state index in [1.54, 1.807) is 0 Å². The molecule has 1 unspecified atom stereocenters. The smallest absolute Gasteiger partial charge is 0.222 e. The second-order valence-electron chi connectivity index (χ2n) is 4.58. The minimum absolute atomic E-state index is 0.239. The van der Waals surface area contributed by atoms with E-state index in [0.29, 0.717) is 25.4 Å². The van der Waals surface area contributed by atoms with Crippen molar-refractivity contribution in [2.45, 2.75) is 19.8 Å². The van der Waals surface area contributed by atoms with E-state index in [-0.39, 0.29) is 5.91 Å². The van der Waals surface area contributed by atoms with Gasteiger partial charge in [-0.05, 0) is 12.5 Å². The SMILES string of the molecule is C#CCN1CCN(C(=O)CC(CC)CN)CC1. The van der Waals surface area contributed by atoms with Crippen molar-refractivity contribution in [3.63, 3.8) is 0 Å². The van der Waals surface area contributed by atoms with Crippen LogP contribution in [0.15, 0.2) is 0 Å². The van der Waals surface area contributed by atoms with Gasteiger partial charge in [-0.2, -0.15) is 0 Å². The minimum atomic E-state index is 0.239. The van der Waals surface area contributed by atoms with Crippen molar-refractivity contribution >= 4 is 5.91 Å². The highest BCUT2D eigenvalue weighted by Crippen LogP contribution is 2.10. The van der Waals surface area contributed by atoms with Gasteiger partial charge >= 0.3 is 0 Å². The average molecular weight is 237 g/mol. The first-order valence-electron chi connectivity index (χ1n) is 6.34. The molecule has 0 radical (unpaired) electrons. The number of amides is 1. The van der Waals surface area contributed by atoms with Gasteiger partial charge in [-0.25, -0.2) is 0 Å². The molecule has 17 heavy (non-hydrogen) atoms. The molecule has 1 saturated heterocycles. The van der Waals surface area contributed by atoms with Crippen LogP contribution in [0.25, 0.3) is 0 Å². The van der Waals surface area contributed by atoms with Crippen LogP contribution in [0.5, 0.6) is 0 Å². The van der Waals surface area contributed by atoms with Crippen molar-refractivity contribution < 1.29 is 4.79 Å². The molecule has 0 spiro atoms. The summed E-state index contributed by atoms with van der Waals surface area (Å²) in [5.41, 5.74) is 5.62. The quantitative estimate of drug-likeness (QED) is 0.692. The number of hydrogen-bond acceptors (Lipinski definition) is 3. The van der Waals surface area contributed by atoms with Gasteiger partial charge in [0, 0.05) is 32.6 Å².